The maximum Gasteiger partial charge on any atom is 0.305 e. The fraction of sp³-hybridized carbons (Fsp3) is 0.294. The number of benzene rings is 3. The average Bonchev–Trinajstić information content (AvgIpc) is 3.80. The molecule has 3 heterocycles. The number of carbonyl (C=O) groups excluding carboxylic acids is 3. The Morgan fingerprint density at radius 2 is 1.72 bits per heavy atom. The molecule has 2 bridgehead atoms. The number of aromatic amines is 1. The van der Waals surface area contributed by atoms with Gasteiger partial charge in [0.2, 0.25) is 11.8 Å². The number of ether oxygens (including phenoxy) is 2. The maximum absolute atomic E-state index is 14.0. The summed E-state index contributed by atoms with van der Waals surface area (Å²) in [5.41, 5.74) is 2.03. The second kappa shape index (κ2) is 11.6. The summed E-state index contributed by atoms with van der Waals surface area (Å²) in [6.45, 7) is -0.261. The third kappa shape index (κ3) is 4.97. The number of methoxy groups -OCH3 is 1. The molecule has 13 heteroatoms. The number of hydrogen-bond donors (Lipinski definition) is 3. The van der Waals surface area contributed by atoms with E-state index in [1.807, 2.05) is 24.3 Å². The van der Waals surface area contributed by atoms with E-state index in [1.165, 1.54) is 35.5 Å². The van der Waals surface area contributed by atoms with Crippen molar-refractivity contribution in [3.63, 3.8) is 0 Å². The fourth-order valence-electron chi connectivity index (χ4n) is 8.12. The quantitative estimate of drug-likeness (QED) is 0.165. The molecule has 240 valence electrons. The van der Waals surface area contributed by atoms with Crippen LogP contribution in [-0.4, -0.2) is 46.8 Å². The molecule has 1 saturated heterocycles. The van der Waals surface area contributed by atoms with E-state index < -0.39 is 5.92 Å². The number of nitrogens with one attached hydrogen (secondary N) is 2. The smallest absolute Gasteiger partial charge is 0.305 e. The molecule has 0 radical (unpaired) electrons. The van der Waals surface area contributed by atoms with Crippen LogP contribution in [0.4, 0.5) is 11.4 Å². The summed E-state index contributed by atoms with van der Waals surface area (Å²) in [7, 11) is 1.53. The molecule has 47 heavy (non-hydrogen) atoms. The molecule has 4 aliphatic rings. The minimum Gasteiger partial charge on any atom is -0.508 e. The topological polar surface area (TPSA) is 138 Å². The van der Waals surface area contributed by atoms with Gasteiger partial charge in [0, 0.05) is 26.2 Å². The Balaban J connectivity index is 1.09. The number of anilines is 2. The Morgan fingerprint density at radius 1 is 1.00 bits per heavy atom. The summed E-state index contributed by atoms with van der Waals surface area (Å²) in [5, 5.41) is 13.1. The predicted octanol–water partition coefficient (Wildman–Crippen LogP) is 5.61. The van der Waals surface area contributed by atoms with Gasteiger partial charge >= 0.3 is 4.87 Å². The number of aromatic nitrogens is 1. The number of thioether (sulfide) groups is 1. The molecule has 3 amide bonds. The van der Waals surface area contributed by atoms with Crippen LogP contribution in [0.3, 0.4) is 0 Å². The lowest BCUT2D eigenvalue weighted by molar-refractivity contribution is -0.123. The number of halogens is 1. The first-order chi connectivity index (χ1) is 22.7. The van der Waals surface area contributed by atoms with E-state index in [0.29, 0.717) is 22.9 Å². The van der Waals surface area contributed by atoms with Crippen molar-refractivity contribution in [2.75, 3.05) is 23.9 Å². The highest BCUT2D eigenvalue weighted by atomic mass is 79.9. The Labute approximate surface area is 285 Å². The molecule has 7 atom stereocenters. The molecule has 10 nitrogen and oxygen atoms in total. The normalized spacial score (nSPS) is 26.9. The van der Waals surface area contributed by atoms with Crippen LogP contribution in [0.25, 0.3) is 0 Å². The number of rotatable bonds is 7. The standard InChI is InChI=1S/C34H28BrN3O7S2/c1-44-23-12-15(2-11-22(23)45-14-24(40)36-17-5-9-19(39)10-6-17)25-26-20-13-21(29(26)46-31-30(25)47-34(43)37-31)28-27(20)32(41)38(33(28)42)18-7-3-16(35)4-8-18/h2-12,20-21,25-29,39H,13-14H2,1H3,(H,36,40)(H,37,43)/t20-,21-,25+,26-,27+,28+,29-/m1/s1. The molecule has 2 aliphatic carbocycles. The molecule has 3 aromatic carbocycles. The first-order valence-corrected chi connectivity index (χ1v) is 17.6. The zero-order valence-corrected chi connectivity index (χ0v) is 28.1. The average molecular weight is 735 g/mol. The van der Waals surface area contributed by atoms with Gasteiger partial charge in [-0.05, 0) is 90.4 Å². The first kappa shape index (κ1) is 30.3. The summed E-state index contributed by atoms with van der Waals surface area (Å²) in [5.74, 6) is -0.699. The molecule has 0 spiro atoms. The number of imide groups is 1. The summed E-state index contributed by atoms with van der Waals surface area (Å²) in [4.78, 5) is 58.3. The van der Waals surface area contributed by atoms with Gasteiger partial charge in [-0.25, -0.2) is 0 Å². The molecule has 1 aromatic heterocycles. The van der Waals surface area contributed by atoms with Gasteiger partial charge in [-0.2, -0.15) is 0 Å². The highest BCUT2D eigenvalue weighted by molar-refractivity contribution is 9.10. The third-order valence-corrected chi connectivity index (χ3v) is 13.0. The molecule has 0 unspecified atom stereocenters. The first-order valence-electron chi connectivity index (χ1n) is 15.1. The van der Waals surface area contributed by atoms with Crippen molar-refractivity contribution in [3.05, 3.63) is 91.3 Å². The lowest BCUT2D eigenvalue weighted by Gasteiger charge is -2.43. The minimum atomic E-state index is -0.408. The number of phenols is 1. The van der Waals surface area contributed by atoms with Gasteiger partial charge in [0.05, 0.1) is 29.7 Å². The number of nitrogens with zero attached hydrogens (tertiary/aromatic N) is 1. The van der Waals surface area contributed by atoms with Crippen LogP contribution < -0.4 is 24.6 Å². The predicted molar refractivity (Wildman–Crippen MR) is 180 cm³/mol. The number of aromatic hydroxyl groups is 1. The van der Waals surface area contributed by atoms with Crippen molar-refractivity contribution in [2.45, 2.75) is 22.6 Å². The highest BCUT2D eigenvalue weighted by Gasteiger charge is 2.69. The lowest BCUT2D eigenvalue weighted by Crippen LogP contribution is -2.42. The zero-order chi connectivity index (χ0) is 32.6. The molecule has 4 aromatic rings. The van der Waals surface area contributed by atoms with E-state index in [4.69, 9.17) is 9.47 Å². The van der Waals surface area contributed by atoms with Crippen molar-refractivity contribution in [1.29, 1.82) is 0 Å². The van der Waals surface area contributed by atoms with Crippen molar-refractivity contribution in [2.24, 2.45) is 29.6 Å². The van der Waals surface area contributed by atoms with Gasteiger partial charge < -0.3 is 24.9 Å². The van der Waals surface area contributed by atoms with E-state index in [9.17, 15) is 24.3 Å². The largest absolute Gasteiger partial charge is 0.508 e. The number of hydrogen-bond acceptors (Lipinski definition) is 9. The Morgan fingerprint density at radius 3 is 2.45 bits per heavy atom. The summed E-state index contributed by atoms with van der Waals surface area (Å²) < 4.78 is 12.4. The van der Waals surface area contributed by atoms with Crippen LogP contribution in [0, 0.1) is 29.6 Å². The molecular weight excluding hydrogens is 706 g/mol. The number of H-pyrrole nitrogens is 1. The second-order valence-corrected chi connectivity index (χ2v) is 15.4. The van der Waals surface area contributed by atoms with E-state index in [-0.39, 0.29) is 69.8 Å². The maximum atomic E-state index is 14.0. The van der Waals surface area contributed by atoms with Crippen molar-refractivity contribution < 1.29 is 29.0 Å². The van der Waals surface area contributed by atoms with E-state index in [0.717, 1.165) is 26.4 Å². The monoisotopic (exact) mass is 733 g/mol. The molecule has 8 rings (SSSR count). The number of phenolic OH excluding ortho intramolecular Hbond substituents is 1. The molecule has 3 fully saturated rings. The van der Waals surface area contributed by atoms with Crippen LogP contribution in [-0.2, 0) is 14.4 Å². The number of carbonyl (C=O) groups is 3. The van der Waals surface area contributed by atoms with Crippen LogP contribution in [0.1, 0.15) is 22.8 Å². The van der Waals surface area contributed by atoms with Gasteiger partial charge in [0.15, 0.2) is 18.1 Å². The molecular formula is C34H28BrN3O7S2. The molecule has 3 N–H and O–H groups in total. The Kier molecular flexibility index (Phi) is 7.45. The van der Waals surface area contributed by atoms with Gasteiger partial charge in [0.1, 0.15) is 5.75 Å². The summed E-state index contributed by atoms with van der Waals surface area (Å²) >= 11 is 6.26. The SMILES string of the molecule is COc1cc([C@@H]2c3sc(=O)[nH]c3S[C@@H]3[C@@H]4C[C@@H]([C@@H]5C(=O)N(c6ccc(Br)cc6)C(=O)[C@@H]45)[C@H]23)ccc1OCC(=O)Nc1ccc(O)cc1. The van der Waals surface area contributed by atoms with Gasteiger partial charge in [-0.15, -0.1) is 11.8 Å². The molecule has 2 saturated carbocycles. The van der Waals surface area contributed by atoms with Crippen molar-refractivity contribution in [3.8, 4) is 17.2 Å². The summed E-state index contributed by atoms with van der Waals surface area (Å²) in [6.07, 6.45) is 0.785. The third-order valence-electron chi connectivity index (χ3n) is 9.87. The highest BCUT2D eigenvalue weighted by Crippen LogP contribution is 2.68. The zero-order valence-electron chi connectivity index (χ0n) is 24.8. The van der Waals surface area contributed by atoms with Crippen LogP contribution in [0.5, 0.6) is 17.2 Å². The van der Waals surface area contributed by atoms with E-state index in [1.54, 1.807) is 42.1 Å². The van der Waals surface area contributed by atoms with Crippen molar-refractivity contribution >= 4 is 68.1 Å². The number of thiazole rings is 1. The number of fused-ring (bicyclic) bond motifs is 9. The van der Waals surface area contributed by atoms with Crippen molar-refractivity contribution in [1.82, 2.24) is 4.98 Å². The lowest BCUT2D eigenvalue weighted by atomic mass is 9.68. The van der Waals surface area contributed by atoms with Crippen LogP contribution >= 0.6 is 39.0 Å². The Bertz CT molecular complexity index is 1980. The summed E-state index contributed by atoms with van der Waals surface area (Å²) in [6, 6.07) is 19.0. The molecule has 2 aliphatic heterocycles. The Hall–Kier alpha value is -4.07. The van der Waals surface area contributed by atoms with E-state index in [2.05, 4.69) is 26.2 Å². The van der Waals surface area contributed by atoms with E-state index >= 15 is 0 Å². The fourth-order valence-corrected chi connectivity index (χ4v) is 11.3. The van der Waals surface area contributed by atoms with Gasteiger partial charge in [-0.1, -0.05) is 33.3 Å². The number of amides is 3. The minimum absolute atomic E-state index is 0.00699. The van der Waals surface area contributed by atoms with Crippen LogP contribution in [0.2, 0.25) is 0 Å². The van der Waals surface area contributed by atoms with Gasteiger partial charge in [-0.3, -0.25) is 24.1 Å². The van der Waals surface area contributed by atoms with Gasteiger partial charge in [0.25, 0.3) is 5.91 Å². The van der Waals surface area contributed by atoms with Crippen LogP contribution in [0.15, 0.2) is 81.0 Å². The second-order valence-electron chi connectivity index (χ2n) is 12.2.